The third kappa shape index (κ3) is 5.00. The van der Waals surface area contributed by atoms with Crippen LogP contribution in [0.25, 0.3) is 10.8 Å². The van der Waals surface area contributed by atoms with Crippen LogP contribution in [0.3, 0.4) is 0 Å². The van der Waals surface area contributed by atoms with Crippen LogP contribution in [0, 0.1) is 0 Å². The zero-order valence-corrected chi connectivity index (χ0v) is 16.9. The molecule has 0 bridgehead atoms. The van der Waals surface area contributed by atoms with E-state index in [2.05, 4.69) is 35.2 Å². The van der Waals surface area contributed by atoms with Gasteiger partial charge < -0.3 is 24.4 Å². The molecular formula is C24H29N2O3+. The van der Waals surface area contributed by atoms with E-state index in [0.29, 0.717) is 13.2 Å². The van der Waals surface area contributed by atoms with Gasteiger partial charge in [0.25, 0.3) is 0 Å². The van der Waals surface area contributed by atoms with E-state index in [1.54, 1.807) is 7.11 Å². The quantitative estimate of drug-likeness (QED) is 0.645. The molecule has 29 heavy (non-hydrogen) atoms. The topological polar surface area (TPSA) is 46.4 Å². The number of hydrogen-bond acceptors (Lipinski definition) is 4. The van der Waals surface area contributed by atoms with Crippen molar-refractivity contribution in [3.05, 3.63) is 66.7 Å². The number of benzene rings is 3. The lowest BCUT2D eigenvalue weighted by molar-refractivity contribution is -0.903. The van der Waals surface area contributed by atoms with Crippen molar-refractivity contribution in [2.75, 3.05) is 51.3 Å². The van der Waals surface area contributed by atoms with Crippen LogP contribution in [0.15, 0.2) is 66.7 Å². The summed E-state index contributed by atoms with van der Waals surface area (Å²) in [5, 5.41) is 12.8. The van der Waals surface area contributed by atoms with Crippen molar-refractivity contribution in [1.29, 1.82) is 0 Å². The van der Waals surface area contributed by atoms with Gasteiger partial charge in [-0.15, -0.1) is 0 Å². The fraction of sp³-hybridized carbons (Fsp3) is 0.333. The average molecular weight is 394 g/mol. The minimum absolute atomic E-state index is 0.323. The maximum Gasteiger partial charge on any atom is 0.137 e. The molecule has 1 heterocycles. The third-order valence-electron chi connectivity index (χ3n) is 5.60. The molecule has 0 amide bonds. The zero-order chi connectivity index (χ0) is 20.1. The molecule has 1 aliphatic heterocycles. The number of nitrogens with one attached hydrogen (secondary N) is 1. The fourth-order valence-corrected chi connectivity index (χ4v) is 3.92. The minimum Gasteiger partial charge on any atom is -0.497 e. The maximum absolute atomic E-state index is 10.4. The van der Waals surface area contributed by atoms with Crippen molar-refractivity contribution in [3.8, 4) is 11.5 Å². The standard InChI is InChI=1S/C24H28N2O3/c1-28-23-10-7-21(8-11-23)26-14-12-25(13-15-26)17-22(27)18-29-24-9-6-19-4-2-3-5-20(19)16-24/h2-11,16,22,27H,12-15,17-18H2,1H3/p+1/t22-/m0/s1. The summed E-state index contributed by atoms with van der Waals surface area (Å²) in [6.07, 6.45) is -0.469. The van der Waals surface area contributed by atoms with Gasteiger partial charge in [-0.2, -0.15) is 0 Å². The van der Waals surface area contributed by atoms with E-state index in [-0.39, 0.29) is 0 Å². The summed E-state index contributed by atoms with van der Waals surface area (Å²) in [6, 6.07) is 22.5. The van der Waals surface area contributed by atoms with Gasteiger partial charge in [0.2, 0.25) is 0 Å². The van der Waals surface area contributed by atoms with Gasteiger partial charge in [-0.25, -0.2) is 0 Å². The largest absolute Gasteiger partial charge is 0.497 e. The molecule has 0 spiro atoms. The average Bonchev–Trinajstić information content (AvgIpc) is 2.78. The predicted octanol–water partition coefficient (Wildman–Crippen LogP) is 1.99. The Morgan fingerprint density at radius 1 is 0.931 bits per heavy atom. The minimum atomic E-state index is -0.469. The van der Waals surface area contributed by atoms with Crippen LogP contribution in [-0.2, 0) is 0 Å². The first-order valence-corrected chi connectivity index (χ1v) is 10.2. The SMILES string of the molecule is COc1ccc(N2CC[NH+](C[C@H](O)COc3ccc4ccccc4c3)CC2)cc1. The molecular weight excluding hydrogens is 364 g/mol. The first-order valence-electron chi connectivity index (χ1n) is 10.2. The molecule has 1 atom stereocenters. The van der Waals surface area contributed by atoms with Crippen LogP contribution >= 0.6 is 0 Å². The molecule has 1 aliphatic rings. The molecule has 5 nitrogen and oxygen atoms in total. The van der Waals surface area contributed by atoms with Crippen molar-refractivity contribution in [3.63, 3.8) is 0 Å². The highest BCUT2D eigenvalue weighted by molar-refractivity contribution is 5.83. The molecule has 0 aromatic heterocycles. The Hall–Kier alpha value is -2.76. The number of fused-ring (bicyclic) bond motifs is 1. The number of quaternary nitrogens is 1. The lowest BCUT2D eigenvalue weighted by Gasteiger charge is -2.34. The van der Waals surface area contributed by atoms with E-state index >= 15 is 0 Å². The summed E-state index contributed by atoms with van der Waals surface area (Å²) < 4.78 is 11.1. The number of hydrogen-bond donors (Lipinski definition) is 2. The summed E-state index contributed by atoms with van der Waals surface area (Å²) in [5.41, 5.74) is 1.23. The van der Waals surface area contributed by atoms with Gasteiger partial charge in [0.05, 0.1) is 33.3 Å². The van der Waals surface area contributed by atoms with Crippen LogP contribution < -0.4 is 19.3 Å². The van der Waals surface area contributed by atoms with Crippen molar-refractivity contribution < 1.29 is 19.5 Å². The zero-order valence-electron chi connectivity index (χ0n) is 16.9. The van der Waals surface area contributed by atoms with Crippen molar-refractivity contribution in [1.82, 2.24) is 0 Å². The van der Waals surface area contributed by atoms with E-state index in [0.717, 1.165) is 43.1 Å². The molecule has 0 aliphatic carbocycles. The number of methoxy groups -OCH3 is 1. The number of anilines is 1. The van der Waals surface area contributed by atoms with E-state index in [1.165, 1.54) is 16.0 Å². The molecule has 0 unspecified atom stereocenters. The second-order valence-corrected chi connectivity index (χ2v) is 7.61. The Morgan fingerprint density at radius 3 is 2.34 bits per heavy atom. The highest BCUT2D eigenvalue weighted by Gasteiger charge is 2.23. The Balaban J connectivity index is 1.23. The van der Waals surface area contributed by atoms with Gasteiger partial charge in [0.1, 0.15) is 30.8 Å². The van der Waals surface area contributed by atoms with Gasteiger partial charge in [-0.3, -0.25) is 0 Å². The summed E-state index contributed by atoms with van der Waals surface area (Å²) in [7, 11) is 1.69. The molecule has 2 N–H and O–H groups in total. The Labute approximate surface area is 172 Å². The fourth-order valence-electron chi connectivity index (χ4n) is 3.92. The number of piperazine rings is 1. The van der Waals surface area contributed by atoms with E-state index in [4.69, 9.17) is 9.47 Å². The van der Waals surface area contributed by atoms with Crippen LogP contribution in [0.1, 0.15) is 0 Å². The molecule has 3 aromatic carbocycles. The number of nitrogens with zero attached hydrogens (tertiary/aromatic N) is 1. The van der Waals surface area contributed by atoms with Crippen molar-refractivity contribution in [2.45, 2.75) is 6.10 Å². The number of rotatable bonds is 7. The molecule has 1 fully saturated rings. The van der Waals surface area contributed by atoms with Crippen LogP contribution in [-0.4, -0.2) is 57.7 Å². The van der Waals surface area contributed by atoms with Gasteiger partial charge >= 0.3 is 0 Å². The lowest BCUT2D eigenvalue weighted by Crippen LogP contribution is -3.16. The smallest absolute Gasteiger partial charge is 0.137 e. The van der Waals surface area contributed by atoms with Gasteiger partial charge in [0, 0.05) is 5.69 Å². The van der Waals surface area contributed by atoms with Gasteiger partial charge in [0.15, 0.2) is 0 Å². The first-order chi connectivity index (χ1) is 14.2. The van der Waals surface area contributed by atoms with Crippen LogP contribution in [0.5, 0.6) is 11.5 Å². The van der Waals surface area contributed by atoms with Crippen molar-refractivity contribution >= 4 is 16.5 Å². The Morgan fingerprint density at radius 2 is 1.62 bits per heavy atom. The second kappa shape index (κ2) is 9.16. The molecule has 152 valence electrons. The molecule has 5 heteroatoms. The first kappa shape index (κ1) is 19.6. The van der Waals surface area contributed by atoms with Gasteiger partial charge in [-0.1, -0.05) is 30.3 Å². The van der Waals surface area contributed by atoms with E-state index in [1.807, 2.05) is 36.4 Å². The molecule has 1 saturated heterocycles. The Bertz CT molecular complexity index is 921. The molecule has 3 aromatic rings. The number of aliphatic hydroxyl groups excluding tert-OH is 1. The van der Waals surface area contributed by atoms with E-state index in [9.17, 15) is 5.11 Å². The lowest BCUT2D eigenvalue weighted by atomic mass is 10.1. The van der Waals surface area contributed by atoms with Gasteiger partial charge in [-0.05, 0) is 47.2 Å². The number of aliphatic hydroxyl groups is 1. The highest BCUT2D eigenvalue weighted by Crippen LogP contribution is 2.21. The molecule has 0 saturated carbocycles. The maximum atomic E-state index is 10.4. The Kier molecular flexibility index (Phi) is 6.17. The van der Waals surface area contributed by atoms with Crippen LogP contribution in [0.2, 0.25) is 0 Å². The van der Waals surface area contributed by atoms with Crippen molar-refractivity contribution in [2.24, 2.45) is 0 Å². The predicted molar refractivity (Wildman–Crippen MR) is 116 cm³/mol. The van der Waals surface area contributed by atoms with E-state index < -0.39 is 6.10 Å². The summed E-state index contributed by atoms with van der Waals surface area (Å²) in [4.78, 5) is 3.81. The summed E-state index contributed by atoms with van der Waals surface area (Å²) >= 11 is 0. The number of ether oxygens (including phenoxy) is 2. The van der Waals surface area contributed by atoms with Crippen LogP contribution in [0.4, 0.5) is 5.69 Å². The summed E-state index contributed by atoms with van der Waals surface area (Å²) in [5.74, 6) is 1.69. The molecule has 0 radical (unpaired) electrons. The second-order valence-electron chi connectivity index (χ2n) is 7.61. The highest BCUT2D eigenvalue weighted by atomic mass is 16.5. The summed E-state index contributed by atoms with van der Waals surface area (Å²) in [6.45, 7) is 5.03. The normalized spacial score (nSPS) is 16.0. The third-order valence-corrected chi connectivity index (χ3v) is 5.60. The monoisotopic (exact) mass is 393 g/mol. The molecule has 4 rings (SSSR count).